The molecule has 1 aromatic heterocycles. The number of nitrogens with one attached hydrogen (secondary N) is 2. The quantitative estimate of drug-likeness (QED) is 0.647. The van der Waals surface area contributed by atoms with Crippen LogP contribution in [-0.4, -0.2) is 31.2 Å². The van der Waals surface area contributed by atoms with Crippen LogP contribution in [0, 0.1) is 5.92 Å². The van der Waals surface area contributed by atoms with Gasteiger partial charge in [-0.1, -0.05) is 13.8 Å². The van der Waals surface area contributed by atoms with Crippen LogP contribution < -0.4 is 10.5 Å². The summed E-state index contributed by atoms with van der Waals surface area (Å²) >= 11 is 0. The number of nitrogens with two attached hydrogens (primary N) is 1. The van der Waals surface area contributed by atoms with E-state index in [2.05, 4.69) is 14.9 Å². The Morgan fingerprint density at radius 1 is 1.60 bits per heavy atom. The van der Waals surface area contributed by atoms with Crippen LogP contribution in [0.25, 0.3) is 0 Å². The van der Waals surface area contributed by atoms with Crippen LogP contribution in [0.5, 0.6) is 0 Å². The minimum Gasteiger partial charge on any atom is -0.326 e. The zero-order chi connectivity index (χ0) is 11.5. The Hall–Kier alpha value is -0.920. The van der Waals surface area contributed by atoms with Crippen molar-refractivity contribution in [1.82, 2.24) is 14.9 Å². The Labute approximate surface area is 89.3 Å². The fourth-order valence-corrected chi connectivity index (χ4v) is 1.89. The first kappa shape index (κ1) is 12.2. The molecule has 0 bridgehead atoms. The van der Waals surface area contributed by atoms with E-state index in [1.165, 1.54) is 12.3 Å². The van der Waals surface area contributed by atoms with E-state index in [-0.39, 0.29) is 23.5 Å². The molecule has 1 aromatic rings. The molecule has 6 nitrogen and oxygen atoms in total. The van der Waals surface area contributed by atoms with Gasteiger partial charge in [0.25, 0.3) is 10.0 Å². The molecule has 1 heterocycles. The summed E-state index contributed by atoms with van der Waals surface area (Å²) in [7, 11) is -3.49. The maximum absolute atomic E-state index is 11.6. The van der Waals surface area contributed by atoms with E-state index in [1.54, 1.807) is 0 Å². The van der Waals surface area contributed by atoms with Crippen molar-refractivity contribution in [2.45, 2.75) is 24.9 Å². The Morgan fingerprint density at radius 3 is 2.73 bits per heavy atom. The summed E-state index contributed by atoms with van der Waals surface area (Å²) in [5.41, 5.74) is 5.72. The SMILES string of the molecule is CC(C)C(N)CNS(=O)(=O)c1ccn[nH]1. The molecule has 86 valence electrons. The Kier molecular flexibility index (Phi) is 3.83. The number of aromatic amines is 1. The van der Waals surface area contributed by atoms with Crippen molar-refractivity contribution < 1.29 is 8.42 Å². The van der Waals surface area contributed by atoms with Gasteiger partial charge in [-0.2, -0.15) is 5.10 Å². The lowest BCUT2D eigenvalue weighted by Crippen LogP contribution is -2.40. The molecule has 4 N–H and O–H groups in total. The summed E-state index contributed by atoms with van der Waals surface area (Å²) in [4.78, 5) is 0. The average molecular weight is 232 g/mol. The fourth-order valence-electron chi connectivity index (χ4n) is 0.912. The first-order valence-electron chi connectivity index (χ1n) is 4.68. The van der Waals surface area contributed by atoms with Gasteiger partial charge in [0.15, 0.2) is 5.03 Å². The van der Waals surface area contributed by atoms with Gasteiger partial charge in [-0.05, 0) is 12.0 Å². The first-order valence-corrected chi connectivity index (χ1v) is 6.16. The number of nitrogens with zero attached hydrogens (tertiary/aromatic N) is 1. The van der Waals surface area contributed by atoms with Gasteiger partial charge in [0.05, 0.1) is 6.20 Å². The molecule has 0 saturated carbocycles. The van der Waals surface area contributed by atoms with E-state index >= 15 is 0 Å². The van der Waals surface area contributed by atoms with Crippen LogP contribution in [0.15, 0.2) is 17.3 Å². The molecule has 0 aliphatic carbocycles. The molecule has 7 heteroatoms. The van der Waals surface area contributed by atoms with Crippen molar-refractivity contribution in [3.05, 3.63) is 12.3 Å². The summed E-state index contributed by atoms with van der Waals surface area (Å²) < 4.78 is 25.6. The maximum atomic E-state index is 11.6. The third kappa shape index (κ3) is 3.29. The molecular weight excluding hydrogens is 216 g/mol. The van der Waals surface area contributed by atoms with Crippen LogP contribution in [0.1, 0.15) is 13.8 Å². The highest BCUT2D eigenvalue weighted by Gasteiger charge is 2.17. The minimum atomic E-state index is -3.49. The number of sulfonamides is 1. The third-order valence-corrected chi connectivity index (χ3v) is 3.48. The van der Waals surface area contributed by atoms with Gasteiger partial charge in [-0.25, -0.2) is 13.1 Å². The molecule has 0 aliphatic rings. The van der Waals surface area contributed by atoms with E-state index in [9.17, 15) is 8.42 Å². The van der Waals surface area contributed by atoms with Crippen molar-refractivity contribution in [1.29, 1.82) is 0 Å². The van der Waals surface area contributed by atoms with Crippen molar-refractivity contribution in [3.8, 4) is 0 Å². The van der Waals surface area contributed by atoms with Crippen LogP contribution in [0.4, 0.5) is 0 Å². The molecule has 1 rings (SSSR count). The normalized spacial score (nSPS) is 14.4. The summed E-state index contributed by atoms with van der Waals surface area (Å²) in [6.07, 6.45) is 1.39. The highest BCUT2D eigenvalue weighted by atomic mass is 32.2. The molecule has 0 spiro atoms. The lowest BCUT2D eigenvalue weighted by atomic mass is 10.1. The number of H-pyrrole nitrogens is 1. The van der Waals surface area contributed by atoms with Crippen molar-refractivity contribution in [2.75, 3.05) is 6.54 Å². The predicted molar refractivity (Wildman–Crippen MR) is 56.6 cm³/mol. The zero-order valence-corrected chi connectivity index (χ0v) is 9.58. The molecular formula is C8H16N4O2S. The van der Waals surface area contributed by atoms with E-state index in [1.807, 2.05) is 13.8 Å². The minimum absolute atomic E-state index is 0.0541. The van der Waals surface area contributed by atoms with Gasteiger partial charge in [-0.15, -0.1) is 0 Å². The second kappa shape index (κ2) is 4.73. The topological polar surface area (TPSA) is 101 Å². The van der Waals surface area contributed by atoms with Gasteiger partial charge in [0.1, 0.15) is 0 Å². The first-order chi connectivity index (χ1) is 6.93. The number of aromatic nitrogens is 2. The molecule has 0 aromatic carbocycles. The molecule has 0 radical (unpaired) electrons. The lowest BCUT2D eigenvalue weighted by molar-refractivity contribution is 0.481. The summed E-state index contributed by atoms with van der Waals surface area (Å²) in [5, 5.41) is 6.02. The predicted octanol–water partition coefficient (Wildman–Crippen LogP) is -0.329. The van der Waals surface area contributed by atoms with Gasteiger partial charge in [0.2, 0.25) is 0 Å². The molecule has 15 heavy (non-hydrogen) atoms. The van der Waals surface area contributed by atoms with Crippen LogP contribution in [0.3, 0.4) is 0 Å². The molecule has 1 atom stereocenters. The maximum Gasteiger partial charge on any atom is 0.257 e. The van der Waals surface area contributed by atoms with Gasteiger partial charge in [-0.3, -0.25) is 5.10 Å². The van der Waals surface area contributed by atoms with Gasteiger partial charge >= 0.3 is 0 Å². The highest BCUT2D eigenvalue weighted by molar-refractivity contribution is 7.89. The van der Waals surface area contributed by atoms with Gasteiger partial charge < -0.3 is 5.73 Å². The highest BCUT2D eigenvalue weighted by Crippen LogP contribution is 2.03. The molecule has 0 amide bonds. The van der Waals surface area contributed by atoms with E-state index in [4.69, 9.17) is 5.73 Å². The fraction of sp³-hybridized carbons (Fsp3) is 0.625. The van der Waals surface area contributed by atoms with Crippen LogP contribution >= 0.6 is 0 Å². The van der Waals surface area contributed by atoms with Crippen LogP contribution in [0.2, 0.25) is 0 Å². The monoisotopic (exact) mass is 232 g/mol. The second-order valence-corrected chi connectivity index (χ2v) is 5.42. The lowest BCUT2D eigenvalue weighted by Gasteiger charge is -2.15. The third-order valence-electron chi connectivity index (χ3n) is 2.13. The summed E-state index contributed by atoms with van der Waals surface area (Å²) in [5.74, 6) is 0.231. The number of hydrogen-bond donors (Lipinski definition) is 3. The van der Waals surface area contributed by atoms with Crippen molar-refractivity contribution in [2.24, 2.45) is 11.7 Å². The van der Waals surface area contributed by atoms with Crippen molar-refractivity contribution in [3.63, 3.8) is 0 Å². The number of hydrogen-bond acceptors (Lipinski definition) is 4. The average Bonchev–Trinajstić information content (AvgIpc) is 2.67. The largest absolute Gasteiger partial charge is 0.326 e. The second-order valence-electron chi connectivity index (χ2n) is 3.68. The van der Waals surface area contributed by atoms with Crippen molar-refractivity contribution >= 4 is 10.0 Å². The molecule has 1 unspecified atom stereocenters. The smallest absolute Gasteiger partial charge is 0.257 e. The Balaban J connectivity index is 2.59. The summed E-state index contributed by atoms with van der Waals surface area (Å²) in [6.45, 7) is 4.10. The van der Waals surface area contributed by atoms with E-state index in [0.717, 1.165) is 0 Å². The van der Waals surface area contributed by atoms with E-state index in [0.29, 0.717) is 0 Å². The van der Waals surface area contributed by atoms with Gasteiger partial charge in [0, 0.05) is 12.6 Å². The number of rotatable bonds is 5. The Bertz CT molecular complexity index is 385. The molecule has 0 aliphatic heterocycles. The molecule has 0 fully saturated rings. The molecule has 0 saturated heterocycles. The standard InChI is InChI=1S/C8H16N4O2S/c1-6(2)7(9)5-11-15(13,14)8-3-4-10-12-8/h3-4,6-7,11H,5,9H2,1-2H3,(H,10,12). The van der Waals surface area contributed by atoms with E-state index < -0.39 is 10.0 Å². The Morgan fingerprint density at radius 2 is 2.27 bits per heavy atom. The summed E-state index contributed by atoms with van der Waals surface area (Å²) in [6, 6.07) is 1.20. The zero-order valence-electron chi connectivity index (χ0n) is 8.77. The van der Waals surface area contributed by atoms with Crippen LogP contribution in [-0.2, 0) is 10.0 Å².